The van der Waals surface area contributed by atoms with E-state index in [9.17, 15) is 0 Å². The van der Waals surface area contributed by atoms with Gasteiger partial charge < -0.3 is 9.88 Å². The van der Waals surface area contributed by atoms with Gasteiger partial charge in [0.15, 0.2) is 0 Å². The molecule has 3 rings (SSSR count). The highest BCUT2D eigenvalue weighted by atomic mass is 15.1. The number of hydrogen-bond donors (Lipinski definition) is 1. The summed E-state index contributed by atoms with van der Waals surface area (Å²) in [6, 6.07) is 9.16. The quantitative estimate of drug-likeness (QED) is 0.895. The molecule has 1 atom stereocenters. The van der Waals surface area contributed by atoms with Crippen molar-refractivity contribution in [3.63, 3.8) is 0 Å². The van der Waals surface area contributed by atoms with E-state index in [1.165, 1.54) is 29.8 Å². The number of rotatable bonds is 3. The fraction of sp³-hybridized carbons (Fsp3) is 0.400. The molecule has 1 aliphatic rings. The standard InChI is InChI=1S/C15H19N3/c1-12-4-6-13(7-5-12)11-18-10-9-17-15(18)14-3-2-8-16-14/h4-7,9-10,14,16H,2-3,8,11H2,1H3. The first kappa shape index (κ1) is 11.5. The summed E-state index contributed by atoms with van der Waals surface area (Å²) in [6.07, 6.45) is 6.44. The fourth-order valence-electron chi connectivity index (χ4n) is 2.56. The first-order chi connectivity index (χ1) is 8.83. The Kier molecular flexibility index (Phi) is 3.15. The van der Waals surface area contributed by atoms with Gasteiger partial charge in [-0.05, 0) is 31.9 Å². The van der Waals surface area contributed by atoms with Crippen LogP contribution in [-0.2, 0) is 6.54 Å². The van der Waals surface area contributed by atoms with Gasteiger partial charge in [0.2, 0.25) is 0 Å². The van der Waals surface area contributed by atoms with Gasteiger partial charge in [0.25, 0.3) is 0 Å². The monoisotopic (exact) mass is 241 g/mol. The topological polar surface area (TPSA) is 29.9 Å². The lowest BCUT2D eigenvalue weighted by atomic mass is 10.1. The Balaban J connectivity index is 1.80. The highest BCUT2D eigenvalue weighted by molar-refractivity contribution is 5.22. The Bertz CT molecular complexity index is 507. The van der Waals surface area contributed by atoms with Gasteiger partial charge in [0.05, 0.1) is 6.04 Å². The minimum absolute atomic E-state index is 0.436. The molecule has 3 heteroatoms. The second-order valence-corrected chi connectivity index (χ2v) is 5.05. The molecule has 2 aromatic rings. The number of nitrogens with zero attached hydrogens (tertiary/aromatic N) is 2. The smallest absolute Gasteiger partial charge is 0.126 e. The van der Waals surface area contributed by atoms with Gasteiger partial charge in [-0.1, -0.05) is 29.8 Å². The summed E-state index contributed by atoms with van der Waals surface area (Å²) in [7, 11) is 0. The van der Waals surface area contributed by atoms with Gasteiger partial charge >= 0.3 is 0 Å². The predicted octanol–water partition coefficient (Wildman–Crippen LogP) is 2.66. The van der Waals surface area contributed by atoms with Crippen LogP contribution in [0.5, 0.6) is 0 Å². The third-order valence-corrected chi connectivity index (χ3v) is 3.59. The molecular weight excluding hydrogens is 222 g/mol. The molecule has 0 radical (unpaired) electrons. The van der Waals surface area contributed by atoms with Crippen molar-refractivity contribution in [1.82, 2.24) is 14.9 Å². The molecule has 18 heavy (non-hydrogen) atoms. The Labute approximate surface area is 108 Å². The molecule has 2 heterocycles. The van der Waals surface area contributed by atoms with Crippen molar-refractivity contribution >= 4 is 0 Å². The SMILES string of the molecule is Cc1ccc(Cn2ccnc2C2CCCN2)cc1. The summed E-state index contributed by atoms with van der Waals surface area (Å²) in [5.74, 6) is 1.17. The Hall–Kier alpha value is -1.61. The average Bonchev–Trinajstić information content (AvgIpc) is 3.02. The van der Waals surface area contributed by atoms with Gasteiger partial charge in [0.1, 0.15) is 5.82 Å². The maximum absolute atomic E-state index is 4.51. The molecule has 1 aromatic carbocycles. The molecule has 94 valence electrons. The van der Waals surface area contributed by atoms with E-state index in [0.717, 1.165) is 13.1 Å². The number of nitrogens with one attached hydrogen (secondary N) is 1. The Morgan fingerprint density at radius 3 is 2.89 bits per heavy atom. The fourth-order valence-corrected chi connectivity index (χ4v) is 2.56. The summed E-state index contributed by atoms with van der Waals surface area (Å²) in [6.45, 7) is 4.14. The lowest BCUT2D eigenvalue weighted by Crippen LogP contribution is -2.18. The molecule has 0 spiro atoms. The summed E-state index contributed by atoms with van der Waals surface area (Å²) in [4.78, 5) is 4.51. The first-order valence-corrected chi connectivity index (χ1v) is 6.63. The number of aryl methyl sites for hydroxylation is 1. The highest BCUT2D eigenvalue weighted by Crippen LogP contribution is 2.22. The second-order valence-electron chi connectivity index (χ2n) is 5.05. The molecule has 0 saturated carbocycles. The van der Waals surface area contributed by atoms with E-state index in [-0.39, 0.29) is 0 Å². The van der Waals surface area contributed by atoms with Crippen LogP contribution in [0, 0.1) is 6.92 Å². The summed E-state index contributed by atoms with van der Waals surface area (Å²) >= 11 is 0. The zero-order chi connectivity index (χ0) is 12.4. The molecule has 0 aliphatic carbocycles. The number of benzene rings is 1. The zero-order valence-corrected chi connectivity index (χ0v) is 10.8. The van der Waals surface area contributed by atoms with Crippen molar-refractivity contribution in [1.29, 1.82) is 0 Å². The van der Waals surface area contributed by atoms with Crippen molar-refractivity contribution in [2.45, 2.75) is 32.4 Å². The third-order valence-electron chi connectivity index (χ3n) is 3.59. The van der Waals surface area contributed by atoms with E-state index < -0.39 is 0 Å². The maximum atomic E-state index is 4.51. The molecule has 0 bridgehead atoms. The van der Waals surface area contributed by atoms with Gasteiger partial charge in [-0.25, -0.2) is 4.98 Å². The second kappa shape index (κ2) is 4.94. The van der Waals surface area contributed by atoms with Crippen LogP contribution in [0.4, 0.5) is 0 Å². The predicted molar refractivity (Wildman–Crippen MR) is 72.5 cm³/mol. The largest absolute Gasteiger partial charge is 0.329 e. The van der Waals surface area contributed by atoms with Crippen LogP contribution in [0.25, 0.3) is 0 Å². The van der Waals surface area contributed by atoms with E-state index in [2.05, 4.69) is 52.3 Å². The van der Waals surface area contributed by atoms with Crippen LogP contribution in [-0.4, -0.2) is 16.1 Å². The van der Waals surface area contributed by atoms with Crippen LogP contribution in [0.15, 0.2) is 36.7 Å². The van der Waals surface area contributed by atoms with Crippen LogP contribution in [0.3, 0.4) is 0 Å². The van der Waals surface area contributed by atoms with E-state index in [1.54, 1.807) is 0 Å². The summed E-state index contributed by atoms with van der Waals surface area (Å²) in [5.41, 5.74) is 2.64. The molecule has 1 N–H and O–H groups in total. The van der Waals surface area contributed by atoms with Crippen molar-refractivity contribution in [2.24, 2.45) is 0 Å². The number of imidazole rings is 1. The van der Waals surface area contributed by atoms with Crippen molar-refractivity contribution in [3.05, 3.63) is 53.6 Å². The molecule has 1 unspecified atom stereocenters. The summed E-state index contributed by atoms with van der Waals surface area (Å²) < 4.78 is 2.26. The van der Waals surface area contributed by atoms with Crippen LogP contribution >= 0.6 is 0 Å². The van der Waals surface area contributed by atoms with Crippen LogP contribution in [0.2, 0.25) is 0 Å². The molecular formula is C15H19N3. The van der Waals surface area contributed by atoms with Crippen LogP contribution in [0.1, 0.15) is 35.8 Å². The minimum Gasteiger partial charge on any atom is -0.329 e. The number of hydrogen-bond acceptors (Lipinski definition) is 2. The van der Waals surface area contributed by atoms with E-state index in [0.29, 0.717) is 6.04 Å². The lowest BCUT2D eigenvalue weighted by Gasteiger charge is -2.13. The van der Waals surface area contributed by atoms with Crippen molar-refractivity contribution in [2.75, 3.05) is 6.54 Å². The molecule has 1 aliphatic heterocycles. The van der Waals surface area contributed by atoms with Crippen molar-refractivity contribution in [3.8, 4) is 0 Å². The minimum atomic E-state index is 0.436. The molecule has 1 saturated heterocycles. The summed E-state index contributed by atoms with van der Waals surface area (Å²) in [5, 5.41) is 3.51. The third kappa shape index (κ3) is 2.31. The Morgan fingerprint density at radius 1 is 1.33 bits per heavy atom. The molecule has 1 fully saturated rings. The van der Waals surface area contributed by atoms with Crippen molar-refractivity contribution < 1.29 is 0 Å². The number of aromatic nitrogens is 2. The molecule has 0 amide bonds. The molecule has 3 nitrogen and oxygen atoms in total. The lowest BCUT2D eigenvalue weighted by molar-refractivity contribution is 0.565. The zero-order valence-electron chi connectivity index (χ0n) is 10.8. The van der Waals surface area contributed by atoms with E-state index in [1.807, 2.05) is 6.20 Å². The van der Waals surface area contributed by atoms with Crippen LogP contribution < -0.4 is 5.32 Å². The van der Waals surface area contributed by atoms with E-state index in [4.69, 9.17) is 0 Å². The maximum Gasteiger partial charge on any atom is 0.126 e. The van der Waals surface area contributed by atoms with Gasteiger partial charge in [-0.3, -0.25) is 0 Å². The highest BCUT2D eigenvalue weighted by Gasteiger charge is 2.20. The molecule has 1 aromatic heterocycles. The van der Waals surface area contributed by atoms with Gasteiger partial charge in [-0.2, -0.15) is 0 Å². The Morgan fingerprint density at radius 2 is 2.17 bits per heavy atom. The van der Waals surface area contributed by atoms with E-state index >= 15 is 0 Å². The van der Waals surface area contributed by atoms with Gasteiger partial charge in [-0.15, -0.1) is 0 Å². The first-order valence-electron chi connectivity index (χ1n) is 6.63. The average molecular weight is 241 g/mol. The normalized spacial score (nSPS) is 19.3. The van der Waals surface area contributed by atoms with Gasteiger partial charge in [0, 0.05) is 18.9 Å².